The first-order valence-corrected chi connectivity index (χ1v) is 31.6. The Balaban J connectivity index is -0.0000000590. The molecule has 7 nitrogen and oxygen atoms in total. The quantitative estimate of drug-likeness (QED) is 0.0758. The zero-order valence-electron chi connectivity index (χ0n) is 37.3. The summed E-state index contributed by atoms with van der Waals surface area (Å²) >= 11 is 3.54. The predicted molar refractivity (Wildman–Crippen MR) is 222 cm³/mol. The molecule has 2 saturated heterocycles. The Morgan fingerprint density at radius 2 is 0.980 bits per heavy atom. The number of halogens is 2. The van der Waals surface area contributed by atoms with Crippen LogP contribution in [0.5, 0.6) is 0 Å². The smallest absolute Gasteiger partial charge is 1.00 e. The third kappa shape index (κ3) is 37.6. The second kappa shape index (κ2) is 45.7. The van der Waals surface area contributed by atoms with Crippen LogP contribution < -0.4 is 111 Å². The number of nitrogens with zero attached hydrogens (tertiary/aromatic N) is 2. The number of alkyl halides is 1. The van der Waals surface area contributed by atoms with Gasteiger partial charge in [-0.25, -0.2) is 0 Å². The van der Waals surface area contributed by atoms with Crippen molar-refractivity contribution in [3.63, 3.8) is 0 Å². The zero-order valence-corrected chi connectivity index (χ0v) is 49.5. The first-order chi connectivity index (χ1) is 21.6. The van der Waals surface area contributed by atoms with E-state index >= 15 is 0 Å². The minimum Gasteiger partial charge on any atom is -1.00 e. The van der Waals surface area contributed by atoms with E-state index in [9.17, 15) is 5.11 Å². The molecule has 2 rings (SSSR count). The molecule has 2 aliphatic rings. The molecule has 0 aromatic rings. The monoisotopic (exact) mass is 938 g/mol. The minimum absolute atomic E-state index is 0. The van der Waals surface area contributed by atoms with Crippen LogP contribution in [-0.4, -0.2) is 118 Å². The third-order valence-corrected chi connectivity index (χ3v) is 29.3. The maximum absolute atomic E-state index is 9.65. The Bertz CT molecular complexity index is 692. The number of rotatable bonds is 16. The van der Waals surface area contributed by atoms with Crippen molar-refractivity contribution in [1.82, 2.24) is 8.46 Å². The second-order valence-corrected chi connectivity index (χ2v) is 33.7. The normalized spacial score (nSPS) is 17.0. The SMILES string of the molecule is C=CCOCCOCCCN1[Si](C)(C)CC[Si]1(C)C.C=CCOCC[O-].CC.CC.CCO.C[Si]1(C)CC[Si](C)(C)N1CCCBr.[Br-].[H-].[HH].[Na+].[Na+].[Na+]. The third-order valence-electron chi connectivity index (χ3n) is 7.88. The molecule has 0 saturated carbocycles. The summed E-state index contributed by atoms with van der Waals surface area (Å²) in [6.45, 7) is 43.3. The predicted octanol–water partition coefficient (Wildman–Crippen LogP) is -3.21. The van der Waals surface area contributed by atoms with Crippen molar-refractivity contribution >= 4 is 48.9 Å². The van der Waals surface area contributed by atoms with Gasteiger partial charge in [0.15, 0.2) is 0 Å². The first-order valence-electron chi connectivity index (χ1n) is 17.9. The number of ether oxygens (including phenoxy) is 3. The Hall–Kier alpha value is 4.03. The molecule has 0 aromatic carbocycles. The van der Waals surface area contributed by atoms with Crippen LogP contribution in [0.4, 0.5) is 0 Å². The number of aliphatic hydroxyl groups excluding tert-OH is 1. The molecule has 0 unspecified atom stereocenters. The van der Waals surface area contributed by atoms with Gasteiger partial charge in [0.2, 0.25) is 0 Å². The fourth-order valence-electron chi connectivity index (χ4n) is 5.77. The number of aliphatic hydroxyl groups is 1. The summed E-state index contributed by atoms with van der Waals surface area (Å²) in [5.74, 6) is 0. The Morgan fingerprint density at radius 3 is 1.28 bits per heavy atom. The van der Waals surface area contributed by atoms with E-state index in [1.54, 1.807) is 19.1 Å². The maximum atomic E-state index is 9.65. The molecule has 0 amide bonds. The molecular formula is C34H83Br2N2Na3O5Si4. The van der Waals surface area contributed by atoms with Gasteiger partial charge in [-0.2, -0.15) is 0 Å². The zero-order chi connectivity index (χ0) is 36.7. The molecular weight excluding hydrogens is 858 g/mol. The van der Waals surface area contributed by atoms with E-state index in [2.05, 4.69) is 89.9 Å². The van der Waals surface area contributed by atoms with Gasteiger partial charge in [0.1, 0.15) is 32.9 Å². The molecule has 2 fully saturated rings. The fraction of sp³-hybridized carbons (Fsp3) is 0.882. The van der Waals surface area contributed by atoms with E-state index in [1.807, 2.05) is 27.7 Å². The van der Waals surface area contributed by atoms with Gasteiger partial charge in [-0.3, -0.25) is 0 Å². The van der Waals surface area contributed by atoms with Crippen LogP contribution in [0, 0.1) is 0 Å². The van der Waals surface area contributed by atoms with Gasteiger partial charge < -0.3 is 51.3 Å². The number of hydrogen-bond acceptors (Lipinski definition) is 7. The van der Waals surface area contributed by atoms with Gasteiger partial charge in [0, 0.05) is 26.6 Å². The van der Waals surface area contributed by atoms with E-state index < -0.39 is 32.9 Å². The van der Waals surface area contributed by atoms with Gasteiger partial charge in [0.05, 0.1) is 26.4 Å². The van der Waals surface area contributed by atoms with Crippen LogP contribution in [0.15, 0.2) is 25.3 Å². The molecule has 0 spiro atoms. The fourth-order valence-corrected chi connectivity index (χ4v) is 34.4. The van der Waals surface area contributed by atoms with Crippen molar-refractivity contribution in [2.24, 2.45) is 0 Å². The summed E-state index contributed by atoms with van der Waals surface area (Å²) in [5.41, 5.74) is 0. The van der Waals surface area contributed by atoms with E-state index in [4.69, 9.17) is 19.3 Å². The van der Waals surface area contributed by atoms with Crippen molar-refractivity contribution in [1.29, 1.82) is 0 Å². The van der Waals surface area contributed by atoms with E-state index in [0.717, 1.165) is 13.0 Å². The molecule has 0 radical (unpaired) electrons. The minimum atomic E-state index is -1.09. The summed E-state index contributed by atoms with van der Waals surface area (Å²) < 4.78 is 21.5. The summed E-state index contributed by atoms with van der Waals surface area (Å²) in [5, 5.41) is 18.4. The van der Waals surface area contributed by atoms with Crippen LogP contribution in [0.1, 0.15) is 50.3 Å². The average molecular weight is 941 g/mol. The molecule has 2 aliphatic heterocycles. The van der Waals surface area contributed by atoms with Crippen LogP contribution in [-0.2, 0) is 14.2 Å². The van der Waals surface area contributed by atoms with Crippen molar-refractivity contribution in [2.45, 2.75) is 124 Å². The summed E-state index contributed by atoms with van der Waals surface area (Å²) in [6, 6.07) is 6.05. The molecule has 0 bridgehead atoms. The van der Waals surface area contributed by atoms with Gasteiger partial charge in [0.25, 0.3) is 0 Å². The van der Waals surface area contributed by atoms with Crippen molar-refractivity contribution < 1.29 is 133 Å². The van der Waals surface area contributed by atoms with E-state index in [-0.39, 0.29) is 122 Å². The van der Waals surface area contributed by atoms with Crippen LogP contribution in [0.25, 0.3) is 0 Å². The van der Waals surface area contributed by atoms with Crippen LogP contribution in [0.2, 0.25) is 76.6 Å². The topological polar surface area (TPSA) is 77.5 Å². The van der Waals surface area contributed by atoms with Crippen molar-refractivity contribution in [2.75, 3.05) is 71.3 Å². The van der Waals surface area contributed by atoms with Gasteiger partial charge >= 0.3 is 88.7 Å². The summed E-state index contributed by atoms with van der Waals surface area (Å²) in [6.07, 6.45) is 5.88. The average Bonchev–Trinajstić information content (AvgIpc) is 3.36. The molecule has 0 atom stereocenters. The maximum Gasteiger partial charge on any atom is 1.00 e. The summed E-state index contributed by atoms with van der Waals surface area (Å²) in [4.78, 5) is 0. The second-order valence-electron chi connectivity index (χ2n) is 13.3. The first kappa shape index (κ1) is 71.7. The molecule has 0 aliphatic carbocycles. The molecule has 16 heteroatoms. The Kier molecular flexibility index (Phi) is 65.6. The largest absolute Gasteiger partial charge is 1.00 e. The standard InChI is InChI=1S/C14H31NO2Si2.C9H22BrNSi2.C5H9O2.C2H6O.2C2H6.BrH.3Na.H2.H/c1-6-9-16-11-12-17-10-7-8-15-18(2,3)13-14-19(15,4)5;1-12(2)8-9-13(3,4)11(12)7-5-6-10;1-2-4-7-5-3-6;1-2-3;2*1-2;;;;;;/h6H,1,7-14H2,2-5H3;5-9H2,1-4H3;2H,1,3-5H2;3H,2H2,1H3;2*1-2H3;1H;;;;1H;/q;;-1;;;;;3*+1;;-1/p-1. The van der Waals surface area contributed by atoms with Crippen LogP contribution in [0.3, 0.4) is 0 Å². The van der Waals surface area contributed by atoms with Gasteiger partial charge in [-0.05, 0) is 57.0 Å². The van der Waals surface area contributed by atoms with Crippen molar-refractivity contribution in [3.05, 3.63) is 25.3 Å². The molecule has 50 heavy (non-hydrogen) atoms. The molecule has 1 N–H and O–H groups in total. The molecule has 292 valence electrons. The van der Waals surface area contributed by atoms with E-state index in [1.165, 1.54) is 49.0 Å². The molecule has 2 heterocycles. The number of hydrogen-bond donors (Lipinski definition) is 1. The summed E-state index contributed by atoms with van der Waals surface area (Å²) in [7, 11) is -4.11. The van der Waals surface area contributed by atoms with Crippen molar-refractivity contribution in [3.8, 4) is 0 Å². The Labute approximate surface area is 405 Å². The molecule has 0 aromatic heterocycles. The van der Waals surface area contributed by atoms with Crippen LogP contribution >= 0.6 is 15.9 Å². The van der Waals surface area contributed by atoms with Gasteiger partial charge in [-0.1, -0.05) is 108 Å². The van der Waals surface area contributed by atoms with E-state index in [0.29, 0.717) is 33.0 Å². The van der Waals surface area contributed by atoms with Gasteiger partial charge in [-0.15, -0.1) is 19.8 Å². The Morgan fingerprint density at radius 1 is 0.680 bits per heavy atom.